The molecule has 0 bridgehead atoms. The van der Waals surface area contributed by atoms with Crippen LogP contribution >= 0.6 is 15.9 Å². The number of carbonyl (C=O) groups is 2. The lowest BCUT2D eigenvalue weighted by molar-refractivity contribution is -0.135. The molecule has 47 heavy (non-hydrogen) atoms. The van der Waals surface area contributed by atoms with Crippen molar-refractivity contribution in [2.75, 3.05) is 14.2 Å². The third-order valence-corrected chi connectivity index (χ3v) is 10.2. The largest absolute Gasteiger partial charge is 0.466 e. The van der Waals surface area contributed by atoms with Crippen LogP contribution in [0.25, 0.3) is 6.08 Å². The number of esters is 2. The minimum absolute atomic E-state index is 0.0233. The van der Waals surface area contributed by atoms with Gasteiger partial charge in [0, 0.05) is 16.6 Å². The zero-order valence-corrected chi connectivity index (χ0v) is 29.8. The van der Waals surface area contributed by atoms with Crippen molar-refractivity contribution in [3.8, 4) is 0 Å². The van der Waals surface area contributed by atoms with Crippen molar-refractivity contribution in [1.29, 1.82) is 0 Å². The normalized spacial score (nSPS) is 10.9. The van der Waals surface area contributed by atoms with Crippen molar-refractivity contribution in [2.24, 2.45) is 0 Å². The number of rotatable bonds is 9. The average Bonchev–Trinajstić information content (AvgIpc) is 3.04. The smallest absolute Gasteiger partial charge is 0.330 e. The van der Waals surface area contributed by atoms with E-state index in [0.29, 0.717) is 15.4 Å². The predicted octanol–water partition coefficient (Wildman–Crippen LogP) is 7.23. The van der Waals surface area contributed by atoms with E-state index in [1.54, 1.807) is 66.7 Å². The van der Waals surface area contributed by atoms with Gasteiger partial charge in [-0.2, -0.15) is 0 Å². The second kappa shape index (κ2) is 18.7. The maximum Gasteiger partial charge on any atom is 0.330 e. The van der Waals surface area contributed by atoms with Gasteiger partial charge in [-0.15, -0.1) is 0 Å². The molecule has 0 amide bonds. The summed E-state index contributed by atoms with van der Waals surface area (Å²) in [6.07, 6.45) is 4.00. The topological polar surface area (TPSA) is 121 Å². The highest BCUT2D eigenvalue weighted by molar-refractivity contribution is 9.10. The van der Waals surface area contributed by atoms with Crippen LogP contribution in [0.1, 0.15) is 27.8 Å². The van der Waals surface area contributed by atoms with E-state index < -0.39 is 31.6 Å². The second-order valence-corrected chi connectivity index (χ2v) is 15.0. The lowest BCUT2D eigenvalue weighted by Gasteiger charge is -2.06. The molecule has 0 unspecified atom stereocenters. The molecule has 0 spiro atoms. The van der Waals surface area contributed by atoms with Crippen LogP contribution in [0.15, 0.2) is 130 Å². The van der Waals surface area contributed by atoms with E-state index in [4.69, 9.17) is 0 Å². The van der Waals surface area contributed by atoms with E-state index in [1.165, 1.54) is 20.3 Å². The van der Waals surface area contributed by atoms with E-state index in [-0.39, 0.29) is 11.5 Å². The van der Waals surface area contributed by atoms with Crippen molar-refractivity contribution in [2.45, 2.75) is 35.1 Å². The Morgan fingerprint density at radius 3 is 1.53 bits per heavy atom. The molecule has 248 valence electrons. The molecular formula is C36H37BrO8S2. The molecule has 0 saturated heterocycles. The molecule has 0 fully saturated rings. The maximum atomic E-state index is 12.4. The van der Waals surface area contributed by atoms with E-state index in [1.807, 2.05) is 50.2 Å². The summed E-state index contributed by atoms with van der Waals surface area (Å²) < 4.78 is 58.9. The summed E-state index contributed by atoms with van der Waals surface area (Å²) >= 11 is 3.34. The molecule has 0 saturated carbocycles. The van der Waals surface area contributed by atoms with Crippen molar-refractivity contribution in [3.63, 3.8) is 0 Å². The van der Waals surface area contributed by atoms with Crippen molar-refractivity contribution in [3.05, 3.63) is 148 Å². The minimum atomic E-state index is -3.40. The van der Waals surface area contributed by atoms with E-state index in [9.17, 15) is 26.4 Å². The van der Waals surface area contributed by atoms with Crippen LogP contribution in [0.5, 0.6) is 0 Å². The van der Waals surface area contributed by atoms with Gasteiger partial charge in [-0.05, 0) is 73.0 Å². The third-order valence-electron chi connectivity index (χ3n) is 6.29. The quantitative estimate of drug-likeness (QED) is 0.130. The first-order valence-electron chi connectivity index (χ1n) is 14.1. The summed E-state index contributed by atoms with van der Waals surface area (Å²) in [4.78, 5) is 21.6. The number of aryl methyl sites for hydroxylation is 2. The summed E-state index contributed by atoms with van der Waals surface area (Å²) in [5, 5.41) is 0. The first kappa shape index (κ1) is 38.9. The molecule has 4 aromatic rings. The lowest BCUT2D eigenvalue weighted by atomic mass is 10.1. The summed E-state index contributed by atoms with van der Waals surface area (Å²) in [6.45, 7) is 7.00. The number of sulfone groups is 2. The highest BCUT2D eigenvalue weighted by Gasteiger charge is 2.16. The van der Waals surface area contributed by atoms with Gasteiger partial charge in [0.1, 0.15) is 0 Å². The Kier molecular flexibility index (Phi) is 15.5. The van der Waals surface area contributed by atoms with Crippen LogP contribution in [0.4, 0.5) is 0 Å². The number of benzene rings is 4. The third kappa shape index (κ3) is 13.9. The van der Waals surface area contributed by atoms with Gasteiger partial charge in [0.15, 0.2) is 19.7 Å². The average molecular weight is 742 g/mol. The number of hydrogen-bond acceptors (Lipinski definition) is 8. The van der Waals surface area contributed by atoms with Gasteiger partial charge in [-0.3, -0.25) is 0 Å². The molecule has 0 aromatic heterocycles. The molecule has 0 N–H and O–H groups in total. The fourth-order valence-electron chi connectivity index (χ4n) is 3.83. The fourth-order valence-corrected chi connectivity index (χ4v) is 6.94. The maximum absolute atomic E-state index is 12.4. The van der Waals surface area contributed by atoms with Gasteiger partial charge in [0.05, 0.1) is 35.5 Å². The van der Waals surface area contributed by atoms with Crippen molar-refractivity contribution in [1.82, 2.24) is 0 Å². The molecule has 0 radical (unpaired) electrons. The van der Waals surface area contributed by atoms with E-state index >= 15 is 0 Å². The van der Waals surface area contributed by atoms with E-state index in [2.05, 4.69) is 32.0 Å². The van der Waals surface area contributed by atoms with Crippen molar-refractivity contribution >= 4 is 53.6 Å². The molecule has 8 nitrogen and oxygen atoms in total. The SMILES string of the molecule is C=CC(=O)OC.COC(=O)/C=C/c1cccc(CS(=O)(=O)c2ccc(C)cc2)c1.Cc1ccc(S(=O)(=O)Cc2cccc(Br)c2)cc1. The number of hydrogen-bond donors (Lipinski definition) is 0. The fraction of sp³-hybridized carbons (Fsp3) is 0.167. The Morgan fingerprint density at radius 2 is 1.13 bits per heavy atom. The van der Waals surface area contributed by atoms with Crippen LogP contribution in [0.2, 0.25) is 0 Å². The molecule has 0 aliphatic rings. The van der Waals surface area contributed by atoms with Gasteiger partial charge in [0.2, 0.25) is 0 Å². The molecule has 0 aliphatic carbocycles. The lowest BCUT2D eigenvalue weighted by Crippen LogP contribution is -2.05. The van der Waals surface area contributed by atoms with E-state index in [0.717, 1.165) is 32.8 Å². The monoisotopic (exact) mass is 740 g/mol. The summed E-state index contributed by atoms with van der Waals surface area (Å²) in [5.41, 5.74) is 4.25. The van der Waals surface area contributed by atoms with Crippen molar-refractivity contribution < 1.29 is 35.9 Å². The van der Waals surface area contributed by atoms with Crippen LogP contribution in [0, 0.1) is 13.8 Å². The molecular weight excluding hydrogens is 704 g/mol. The minimum Gasteiger partial charge on any atom is -0.466 e. The molecule has 4 rings (SSSR count). The van der Waals surface area contributed by atoms with Gasteiger partial charge < -0.3 is 9.47 Å². The Bertz CT molecular complexity index is 1900. The molecule has 4 aromatic carbocycles. The van der Waals surface area contributed by atoms with Gasteiger partial charge in [0.25, 0.3) is 0 Å². The molecule has 0 heterocycles. The highest BCUT2D eigenvalue weighted by Crippen LogP contribution is 2.20. The second-order valence-electron chi connectivity index (χ2n) is 10.1. The molecule has 0 atom stereocenters. The summed E-state index contributed by atoms with van der Waals surface area (Å²) in [7, 11) is -4.05. The molecule has 11 heteroatoms. The predicted molar refractivity (Wildman–Crippen MR) is 188 cm³/mol. The number of methoxy groups -OCH3 is 2. The Hall–Kier alpha value is -4.32. The Morgan fingerprint density at radius 1 is 0.681 bits per heavy atom. The van der Waals surface area contributed by atoms with Gasteiger partial charge >= 0.3 is 11.9 Å². The number of carbonyl (C=O) groups excluding carboxylic acids is 2. The summed E-state index contributed by atoms with van der Waals surface area (Å²) in [6, 6.07) is 28.1. The van der Waals surface area contributed by atoms with Crippen LogP contribution in [-0.4, -0.2) is 43.0 Å². The number of halogens is 1. The Labute approximate surface area is 285 Å². The highest BCUT2D eigenvalue weighted by atomic mass is 79.9. The van der Waals surface area contributed by atoms with Gasteiger partial charge in [-0.1, -0.05) is 94.3 Å². The van der Waals surface area contributed by atoms with Crippen LogP contribution in [-0.2, 0) is 50.2 Å². The first-order valence-corrected chi connectivity index (χ1v) is 18.2. The summed E-state index contributed by atoms with van der Waals surface area (Å²) in [5.74, 6) is -0.913. The molecule has 0 aliphatic heterocycles. The van der Waals surface area contributed by atoms with Crippen LogP contribution < -0.4 is 0 Å². The standard InChI is InChI=1S/C18H18O4S.C14H13BrO2S.C4H6O2/c1-14-6-9-17(10-7-14)23(20,21)13-16-5-3-4-15(12-16)8-11-18(19)22-2;1-11-5-7-14(8-6-11)18(16,17)10-12-3-2-4-13(15)9-12;1-3-4(5)6-2/h3-12H,13H2,1-2H3;2-9H,10H2,1H3;3H,1H2,2H3/b11-8+;;. The zero-order chi connectivity index (χ0) is 35.0. The first-order chi connectivity index (χ1) is 22.2. The number of ether oxygens (including phenoxy) is 2. The van der Waals surface area contributed by atoms with Gasteiger partial charge in [-0.25, -0.2) is 26.4 Å². The zero-order valence-electron chi connectivity index (χ0n) is 26.6. The van der Waals surface area contributed by atoms with Crippen LogP contribution in [0.3, 0.4) is 0 Å². The Balaban J connectivity index is 0.000000284.